The lowest BCUT2D eigenvalue weighted by Crippen LogP contribution is -2.08. The van der Waals surface area contributed by atoms with Gasteiger partial charge >= 0.3 is 6.16 Å². The van der Waals surface area contributed by atoms with Crippen molar-refractivity contribution < 1.29 is 19.4 Å². The first-order valence-electron chi connectivity index (χ1n) is 2.69. The number of ether oxygens (including phenoxy) is 2. The van der Waals surface area contributed by atoms with Gasteiger partial charge in [0.1, 0.15) is 6.61 Å². The van der Waals surface area contributed by atoms with Crippen LogP contribution >= 0.6 is 0 Å². The summed E-state index contributed by atoms with van der Waals surface area (Å²) in [7, 11) is 1.21. The molecule has 0 bridgehead atoms. The number of hydrogen-bond acceptors (Lipinski definition) is 4. The maximum atomic E-state index is 10.3. The van der Waals surface area contributed by atoms with Gasteiger partial charge < -0.3 is 14.6 Å². The van der Waals surface area contributed by atoms with E-state index in [1.165, 1.54) is 7.11 Å². The van der Waals surface area contributed by atoms with Crippen LogP contribution in [0.15, 0.2) is 12.2 Å². The van der Waals surface area contributed by atoms with Crippen LogP contribution in [0.1, 0.15) is 0 Å². The van der Waals surface area contributed by atoms with E-state index in [1.54, 1.807) is 0 Å². The van der Waals surface area contributed by atoms with Gasteiger partial charge in [-0.15, -0.1) is 0 Å². The Morgan fingerprint density at radius 3 is 2.70 bits per heavy atom. The lowest BCUT2D eigenvalue weighted by Gasteiger charge is -2.01. The predicted octanol–water partition coefficient (Wildman–Crippen LogP) is 0.318. The molecule has 0 aromatic rings. The summed E-state index contributed by atoms with van der Waals surface area (Å²) >= 11 is 0. The zero-order chi connectivity index (χ0) is 7.98. The van der Waals surface area contributed by atoms with Crippen LogP contribution in [0.25, 0.3) is 0 Å². The Labute approximate surface area is 59.1 Å². The SMILES string of the molecule is C=C(CO)COC(=O)OC. The second-order valence-electron chi connectivity index (χ2n) is 1.65. The second-order valence-corrected chi connectivity index (χ2v) is 1.65. The van der Waals surface area contributed by atoms with E-state index in [-0.39, 0.29) is 13.2 Å². The third kappa shape index (κ3) is 3.91. The molecule has 58 valence electrons. The summed E-state index contributed by atoms with van der Waals surface area (Å²) in [5.41, 5.74) is 0.436. The highest BCUT2D eigenvalue weighted by atomic mass is 16.7. The lowest BCUT2D eigenvalue weighted by atomic mass is 10.4. The van der Waals surface area contributed by atoms with Crippen LogP contribution < -0.4 is 0 Å². The number of hydrogen-bond donors (Lipinski definition) is 1. The van der Waals surface area contributed by atoms with Gasteiger partial charge in [0.15, 0.2) is 0 Å². The van der Waals surface area contributed by atoms with Crippen LogP contribution in [0.3, 0.4) is 0 Å². The standard InChI is InChI=1S/C6H10O4/c1-5(3-7)4-10-6(8)9-2/h7H,1,3-4H2,2H3. The first kappa shape index (κ1) is 8.97. The first-order chi connectivity index (χ1) is 4.70. The van der Waals surface area contributed by atoms with E-state index in [2.05, 4.69) is 16.1 Å². The maximum Gasteiger partial charge on any atom is 0.508 e. The van der Waals surface area contributed by atoms with Gasteiger partial charge in [0.25, 0.3) is 0 Å². The molecular formula is C6H10O4. The van der Waals surface area contributed by atoms with Gasteiger partial charge in [-0.25, -0.2) is 4.79 Å². The van der Waals surface area contributed by atoms with Crippen molar-refractivity contribution in [1.82, 2.24) is 0 Å². The lowest BCUT2D eigenvalue weighted by molar-refractivity contribution is 0.0780. The van der Waals surface area contributed by atoms with Crippen LogP contribution in [-0.4, -0.2) is 31.6 Å². The minimum absolute atomic E-state index is 0.00315. The Morgan fingerprint density at radius 2 is 2.30 bits per heavy atom. The Balaban J connectivity index is 3.35. The van der Waals surface area contributed by atoms with Crippen LogP contribution in [-0.2, 0) is 9.47 Å². The van der Waals surface area contributed by atoms with Crippen LogP contribution in [0.5, 0.6) is 0 Å². The number of rotatable bonds is 3. The molecule has 0 aromatic heterocycles. The predicted molar refractivity (Wildman–Crippen MR) is 34.6 cm³/mol. The van der Waals surface area contributed by atoms with Crippen molar-refractivity contribution in [1.29, 1.82) is 0 Å². The van der Waals surface area contributed by atoms with E-state index >= 15 is 0 Å². The van der Waals surface area contributed by atoms with Crippen molar-refractivity contribution >= 4 is 6.16 Å². The monoisotopic (exact) mass is 146 g/mol. The molecule has 0 saturated carbocycles. The highest BCUT2D eigenvalue weighted by Crippen LogP contribution is 1.90. The van der Waals surface area contributed by atoms with Crippen molar-refractivity contribution in [3.05, 3.63) is 12.2 Å². The molecule has 0 rings (SSSR count). The van der Waals surface area contributed by atoms with Crippen LogP contribution in [0.2, 0.25) is 0 Å². The number of carbonyl (C=O) groups excluding carboxylic acids is 1. The molecule has 0 aliphatic rings. The molecule has 0 aliphatic carbocycles. The molecule has 0 fully saturated rings. The zero-order valence-electron chi connectivity index (χ0n) is 5.79. The Kier molecular flexibility index (Phi) is 4.32. The number of aliphatic hydroxyl groups excluding tert-OH is 1. The topological polar surface area (TPSA) is 55.8 Å². The average Bonchev–Trinajstić information content (AvgIpc) is 1.99. The van der Waals surface area contributed by atoms with E-state index in [0.717, 1.165) is 0 Å². The first-order valence-corrected chi connectivity index (χ1v) is 2.69. The molecule has 0 radical (unpaired) electrons. The molecular weight excluding hydrogens is 136 g/mol. The van der Waals surface area contributed by atoms with Crippen LogP contribution in [0, 0.1) is 0 Å². The maximum absolute atomic E-state index is 10.3. The average molecular weight is 146 g/mol. The summed E-state index contributed by atoms with van der Waals surface area (Å²) in [6.45, 7) is 3.22. The molecule has 0 amide bonds. The summed E-state index contributed by atoms with van der Waals surface area (Å²) in [6, 6.07) is 0. The zero-order valence-corrected chi connectivity index (χ0v) is 5.79. The Morgan fingerprint density at radius 1 is 1.70 bits per heavy atom. The molecule has 0 heterocycles. The molecule has 0 atom stereocenters. The summed E-state index contributed by atoms with van der Waals surface area (Å²) in [4.78, 5) is 10.3. The molecule has 0 saturated heterocycles. The minimum atomic E-state index is -0.769. The smallest absolute Gasteiger partial charge is 0.438 e. The van der Waals surface area contributed by atoms with Crippen molar-refractivity contribution in [2.24, 2.45) is 0 Å². The summed E-state index contributed by atoms with van der Waals surface area (Å²) in [5.74, 6) is 0. The van der Waals surface area contributed by atoms with Gasteiger partial charge in [0, 0.05) is 0 Å². The minimum Gasteiger partial charge on any atom is -0.438 e. The third-order valence-electron chi connectivity index (χ3n) is 0.784. The van der Waals surface area contributed by atoms with Crippen molar-refractivity contribution in [2.45, 2.75) is 0 Å². The summed E-state index contributed by atoms with van der Waals surface area (Å²) in [6.07, 6.45) is -0.769. The van der Waals surface area contributed by atoms with E-state index in [4.69, 9.17) is 5.11 Å². The van der Waals surface area contributed by atoms with Crippen molar-refractivity contribution in [3.63, 3.8) is 0 Å². The quantitative estimate of drug-likeness (QED) is 0.460. The van der Waals surface area contributed by atoms with Gasteiger partial charge in [-0.2, -0.15) is 0 Å². The van der Waals surface area contributed by atoms with Crippen molar-refractivity contribution in [3.8, 4) is 0 Å². The van der Waals surface area contributed by atoms with Gasteiger partial charge in [-0.05, 0) is 5.57 Å². The summed E-state index contributed by atoms with van der Waals surface area (Å²) < 4.78 is 8.58. The Hall–Kier alpha value is -1.03. The highest BCUT2D eigenvalue weighted by molar-refractivity contribution is 5.59. The molecule has 1 N–H and O–H groups in total. The number of aliphatic hydroxyl groups is 1. The van der Waals surface area contributed by atoms with Crippen molar-refractivity contribution in [2.75, 3.05) is 20.3 Å². The molecule has 0 unspecified atom stereocenters. The molecule has 4 nitrogen and oxygen atoms in total. The van der Waals surface area contributed by atoms with Gasteiger partial charge in [-0.3, -0.25) is 0 Å². The van der Waals surface area contributed by atoms with Gasteiger partial charge in [0.2, 0.25) is 0 Å². The third-order valence-corrected chi connectivity index (χ3v) is 0.784. The molecule has 0 aromatic carbocycles. The fraction of sp³-hybridized carbons (Fsp3) is 0.500. The largest absolute Gasteiger partial charge is 0.508 e. The van der Waals surface area contributed by atoms with E-state index < -0.39 is 6.16 Å². The normalized spacial score (nSPS) is 8.60. The highest BCUT2D eigenvalue weighted by Gasteiger charge is 1.99. The fourth-order valence-electron chi connectivity index (χ4n) is 0.266. The van der Waals surface area contributed by atoms with Gasteiger partial charge in [-0.1, -0.05) is 6.58 Å². The molecule has 4 heteroatoms. The van der Waals surface area contributed by atoms with E-state index in [1.807, 2.05) is 0 Å². The second kappa shape index (κ2) is 4.81. The number of carbonyl (C=O) groups is 1. The molecule has 0 spiro atoms. The molecule has 0 aliphatic heterocycles. The van der Waals surface area contributed by atoms with Crippen LogP contribution in [0.4, 0.5) is 4.79 Å². The van der Waals surface area contributed by atoms with E-state index in [9.17, 15) is 4.79 Å². The fourth-order valence-corrected chi connectivity index (χ4v) is 0.266. The Bertz CT molecular complexity index is 114. The summed E-state index contributed by atoms with van der Waals surface area (Å²) in [5, 5.41) is 8.39. The molecule has 10 heavy (non-hydrogen) atoms. The van der Waals surface area contributed by atoms with E-state index in [0.29, 0.717) is 5.57 Å². The number of methoxy groups -OCH3 is 1. The van der Waals surface area contributed by atoms with Gasteiger partial charge in [0.05, 0.1) is 13.7 Å².